The Labute approximate surface area is 300 Å². The lowest BCUT2D eigenvalue weighted by molar-refractivity contribution is 0.664. The molecule has 2 aromatic heterocycles. The van der Waals surface area contributed by atoms with E-state index in [2.05, 4.69) is 158 Å². The lowest BCUT2D eigenvalue weighted by Crippen LogP contribution is -2.64. The van der Waals surface area contributed by atoms with Crippen molar-refractivity contribution >= 4 is 57.5 Å². The Balaban J connectivity index is 1.34. The number of hydrogen-bond donors (Lipinski definition) is 0. The van der Waals surface area contributed by atoms with Crippen LogP contribution in [0.25, 0.3) is 11.4 Å². The van der Waals surface area contributed by atoms with E-state index in [-0.39, 0.29) is 6.71 Å². The van der Waals surface area contributed by atoms with Crippen LogP contribution in [0.15, 0.2) is 140 Å². The van der Waals surface area contributed by atoms with Crippen molar-refractivity contribution in [2.45, 2.75) is 51.4 Å². The number of aromatic nitrogens is 2. The Hall–Kier alpha value is -5.68. The molecular weight excluding hydrogens is 619 g/mol. The zero-order valence-electron chi connectivity index (χ0n) is 28.8. The van der Waals surface area contributed by atoms with E-state index in [0.29, 0.717) is 0 Å². The van der Waals surface area contributed by atoms with Crippen molar-refractivity contribution in [2.24, 2.45) is 0 Å². The number of para-hydroxylation sites is 4. The normalized spacial score (nSPS) is 15.5. The van der Waals surface area contributed by atoms with Crippen LogP contribution in [-0.4, -0.2) is 15.8 Å². The molecule has 11 rings (SSSR count). The number of hydrogen-bond acceptors (Lipinski definition) is 2. The molecule has 5 aromatic carbocycles. The maximum Gasteiger partial charge on any atom is 0.294 e. The van der Waals surface area contributed by atoms with Crippen LogP contribution in [0.1, 0.15) is 48.2 Å². The zero-order valence-corrected chi connectivity index (χ0v) is 28.8. The first-order valence-electron chi connectivity index (χ1n) is 18.9. The largest absolute Gasteiger partial charge is 0.323 e. The summed E-state index contributed by atoms with van der Waals surface area (Å²) in [6.45, 7) is 0.0396. The van der Waals surface area contributed by atoms with E-state index in [1.165, 1.54) is 110 Å². The van der Waals surface area contributed by atoms with Crippen molar-refractivity contribution in [1.29, 1.82) is 0 Å². The Morgan fingerprint density at radius 2 is 0.745 bits per heavy atom. The van der Waals surface area contributed by atoms with Crippen LogP contribution in [-0.2, 0) is 25.7 Å². The first-order valence-corrected chi connectivity index (χ1v) is 18.9. The van der Waals surface area contributed by atoms with Gasteiger partial charge in [0.05, 0.1) is 11.4 Å². The van der Waals surface area contributed by atoms with Gasteiger partial charge in [0.25, 0.3) is 6.71 Å². The van der Waals surface area contributed by atoms with Crippen LogP contribution in [0, 0.1) is 0 Å². The van der Waals surface area contributed by atoms with Crippen molar-refractivity contribution in [3.63, 3.8) is 0 Å². The summed E-state index contributed by atoms with van der Waals surface area (Å²) in [4.78, 5) is 5.25. The number of rotatable bonds is 4. The molecule has 0 unspecified atom stereocenters. The number of fused-ring (bicyclic) bond motifs is 8. The minimum Gasteiger partial charge on any atom is -0.323 e. The lowest BCUT2D eigenvalue weighted by atomic mass is 9.36. The van der Waals surface area contributed by atoms with E-state index in [0.717, 1.165) is 25.7 Å². The quantitative estimate of drug-likeness (QED) is 0.176. The summed E-state index contributed by atoms with van der Waals surface area (Å²) >= 11 is 0. The van der Waals surface area contributed by atoms with Crippen LogP contribution in [0.5, 0.6) is 0 Å². The third-order valence-corrected chi connectivity index (χ3v) is 11.8. The van der Waals surface area contributed by atoms with E-state index in [1.807, 2.05) is 0 Å². The summed E-state index contributed by atoms with van der Waals surface area (Å²) < 4.78 is 5.40. The number of nitrogens with zero attached hydrogens (tertiary/aromatic N) is 4. The maximum absolute atomic E-state index is 2.70. The van der Waals surface area contributed by atoms with Crippen LogP contribution in [0.4, 0.5) is 34.1 Å². The van der Waals surface area contributed by atoms with E-state index in [4.69, 9.17) is 0 Å². The molecule has 246 valence electrons. The van der Waals surface area contributed by atoms with Crippen LogP contribution in [0.3, 0.4) is 0 Å². The average Bonchev–Trinajstić information content (AvgIpc) is 3.73. The standard InChI is InChI=1S/C46H39BN4/c1-5-18-32(19-6-1)48-40-30-17-31-41-42(40)47(45-43(48)36-26-13-15-28-38(36)50(45)34-22-9-3-10-23-34)46-44(49(41)33-20-7-2-8-21-33)37-27-14-16-29-39(37)51(46)35-24-11-4-12-25-35/h1-12,17-25,30-31H,13-16,26-29H2. The van der Waals surface area contributed by atoms with Crippen molar-refractivity contribution in [1.82, 2.24) is 9.13 Å². The summed E-state index contributed by atoms with van der Waals surface area (Å²) in [6.07, 6.45) is 9.27. The van der Waals surface area contributed by atoms with Crippen LogP contribution < -0.4 is 26.4 Å². The molecule has 0 saturated carbocycles. The van der Waals surface area contributed by atoms with Gasteiger partial charge in [-0.1, -0.05) is 78.9 Å². The molecule has 0 amide bonds. The van der Waals surface area contributed by atoms with Gasteiger partial charge in [-0.15, -0.1) is 0 Å². The van der Waals surface area contributed by atoms with E-state index < -0.39 is 0 Å². The average molecular weight is 659 g/mol. The number of benzene rings is 5. The molecule has 5 heteroatoms. The molecule has 0 N–H and O–H groups in total. The van der Waals surface area contributed by atoms with Crippen LogP contribution >= 0.6 is 0 Å². The fourth-order valence-electron chi connectivity index (χ4n) is 9.93. The summed E-state index contributed by atoms with van der Waals surface area (Å²) in [5.41, 5.74) is 20.6. The topological polar surface area (TPSA) is 16.3 Å². The fraction of sp³-hybridized carbons (Fsp3) is 0.174. The third-order valence-electron chi connectivity index (χ3n) is 11.8. The zero-order chi connectivity index (χ0) is 33.5. The van der Waals surface area contributed by atoms with Gasteiger partial charge in [0, 0.05) is 56.7 Å². The van der Waals surface area contributed by atoms with Crippen molar-refractivity contribution in [2.75, 3.05) is 9.80 Å². The Morgan fingerprint density at radius 1 is 0.373 bits per heavy atom. The highest BCUT2D eigenvalue weighted by molar-refractivity contribution is 7.00. The molecule has 4 nitrogen and oxygen atoms in total. The molecule has 2 aliphatic heterocycles. The molecular formula is C46H39BN4. The van der Waals surface area contributed by atoms with Gasteiger partial charge < -0.3 is 18.9 Å². The van der Waals surface area contributed by atoms with E-state index >= 15 is 0 Å². The van der Waals surface area contributed by atoms with Gasteiger partial charge in [-0.05, 0) is 129 Å². The Bertz CT molecular complexity index is 2260. The van der Waals surface area contributed by atoms with Crippen molar-refractivity contribution < 1.29 is 0 Å². The minimum atomic E-state index is 0.0396. The third kappa shape index (κ3) is 4.15. The lowest BCUT2D eigenvalue weighted by Gasteiger charge is -2.43. The highest BCUT2D eigenvalue weighted by Crippen LogP contribution is 2.49. The van der Waals surface area contributed by atoms with Gasteiger partial charge in [0.15, 0.2) is 0 Å². The second kappa shape index (κ2) is 11.4. The van der Waals surface area contributed by atoms with Crippen LogP contribution in [0.2, 0.25) is 0 Å². The molecule has 2 aliphatic carbocycles. The molecule has 0 bridgehead atoms. The molecule has 0 radical (unpaired) electrons. The van der Waals surface area contributed by atoms with E-state index in [9.17, 15) is 0 Å². The molecule has 0 atom stereocenters. The predicted octanol–water partition coefficient (Wildman–Crippen LogP) is 9.11. The number of anilines is 6. The van der Waals surface area contributed by atoms with Gasteiger partial charge in [-0.25, -0.2) is 0 Å². The first kappa shape index (κ1) is 29.1. The highest BCUT2D eigenvalue weighted by Gasteiger charge is 2.50. The molecule has 0 fully saturated rings. The fourth-order valence-corrected chi connectivity index (χ4v) is 9.93. The van der Waals surface area contributed by atoms with E-state index in [1.54, 1.807) is 0 Å². The van der Waals surface area contributed by atoms with Crippen molar-refractivity contribution in [3.05, 3.63) is 162 Å². The van der Waals surface area contributed by atoms with Gasteiger partial charge >= 0.3 is 0 Å². The minimum absolute atomic E-state index is 0.0396. The van der Waals surface area contributed by atoms with Gasteiger partial charge in [0.1, 0.15) is 0 Å². The predicted molar refractivity (Wildman–Crippen MR) is 212 cm³/mol. The maximum atomic E-state index is 2.70. The summed E-state index contributed by atoms with van der Waals surface area (Å²) in [6, 6.07) is 51.8. The van der Waals surface area contributed by atoms with Crippen molar-refractivity contribution in [3.8, 4) is 11.4 Å². The molecule has 0 spiro atoms. The molecule has 0 saturated heterocycles. The smallest absolute Gasteiger partial charge is 0.294 e. The van der Waals surface area contributed by atoms with Gasteiger partial charge in [-0.2, -0.15) is 0 Å². The summed E-state index contributed by atoms with van der Waals surface area (Å²) in [7, 11) is 0. The highest BCUT2D eigenvalue weighted by atomic mass is 15.2. The summed E-state index contributed by atoms with van der Waals surface area (Å²) in [5, 5.41) is 0. The first-order chi connectivity index (χ1) is 25.4. The second-order valence-corrected chi connectivity index (χ2v) is 14.6. The second-order valence-electron chi connectivity index (χ2n) is 14.6. The molecule has 51 heavy (non-hydrogen) atoms. The SMILES string of the molecule is c1ccc(N2c3cccc4c3B(c3c2c2c(n3-c3ccccc3)CCCC2)c2c(c3c(n2-c2ccccc2)CCCC3)N4c2ccccc2)cc1. The Morgan fingerprint density at radius 3 is 1.16 bits per heavy atom. The molecule has 4 heterocycles. The molecule has 4 aliphatic rings. The monoisotopic (exact) mass is 658 g/mol. The van der Waals surface area contributed by atoms with Gasteiger partial charge in [0.2, 0.25) is 0 Å². The summed E-state index contributed by atoms with van der Waals surface area (Å²) in [5.74, 6) is 0. The molecule has 7 aromatic rings. The van der Waals surface area contributed by atoms with Gasteiger partial charge in [-0.3, -0.25) is 0 Å². The Kier molecular flexibility index (Phi) is 6.52.